The SMILES string of the molecule is CC(C)Cn1ncc(C(=O)Nc2ccc(CC(C)C(=O)O)cc2)c1C1CC1. The third-order valence-corrected chi connectivity index (χ3v) is 4.80. The van der Waals surface area contributed by atoms with Crippen molar-refractivity contribution in [3.8, 4) is 0 Å². The van der Waals surface area contributed by atoms with Crippen LogP contribution in [0.25, 0.3) is 0 Å². The molecule has 6 heteroatoms. The van der Waals surface area contributed by atoms with Gasteiger partial charge in [0.1, 0.15) is 0 Å². The molecule has 3 rings (SSSR count). The zero-order valence-electron chi connectivity index (χ0n) is 16.1. The molecule has 0 radical (unpaired) electrons. The topological polar surface area (TPSA) is 84.2 Å². The van der Waals surface area contributed by atoms with Gasteiger partial charge in [0.05, 0.1) is 23.4 Å². The van der Waals surface area contributed by atoms with Gasteiger partial charge in [0, 0.05) is 18.2 Å². The molecule has 1 aliphatic rings. The quantitative estimate of drug-likeness (QED) is 0.738. The van der Waals surface area contributed by atoms with E-state index in [4.69, 9.17) is 5.11 Å². The van der Waals surface area contributed by atoms with Crippen molar-refractivity contribution in [2.45, 2.75) is 52.5 Å². The molecule has 1 aliphatic carbocycles. The molecule has 0 aliphatic heterocycles. The number of benzene rings is 1. The van der Waals surface area contributed by atoms with Gasteiger partial charge in [-0.3, -0.25) is 14.3 Å². The predicted molar refractivity (Wildman–Crippen MR) is 104 cm³/mol. The number of nitrogens with one attached hydrogen (secondary N) is 1. The van der Waals surface area contributed by atoms with Gasteiger partial charge in [-0.05, 0) is 42.9 Å². The van der Waals surface area contributed by atoms with Crippen molar-refractivity contribution in [2.75, 3.05) is 5.32 Å². The Morgan fingerprint density at radius 1 is 1.22 bits per heavy atom. The number of hydrogen-bond acceptors (Lipinski definition) is 3. The molecule has 1 aromatic heterocycles. The number of hydrogen-bond donors (Lipinski definition) is 2. The fourth-order valence-electron chi connectivity index (χ4n) is 3.21. The molecule has 27 heavy (non-hydrogen) atoms. The Morgan fingerprint density at radius 2 is 1.89 bits per heavy atom. The van der Waals surface area contributed by atoms with E-state index in [2.05, 4.69) is 24.3 Å². The second-order valence-corrected chi connectivity index (χ2v) is 7.89. The van der Waals surface area contributed by atoms with E-state index < -0.39 is 11.9 Å². The van der Waals surface area contributed by atoms with Crippen molar-refractivity contribution in [2.24, 2.45) is 11.8 Å². The first-order valence-electron chi connectivity index (χ1n) is 9.54. The second-order valence-electron chi connectivity index (χ2n) is 7.89. The van der Waals surface area contributed by atoms with Gasteiger partial charge in [-0.2, -0.15) is 5.10 Å². The Bertz CT molecular complexity index is 820. The summed E-state index contributed by atoms with van der Waals surface area (Å²) in [5.41, 5.74) is 3.34. The molecule has 0 spiro atoms. The molecule has 1 amide bonds. The average Bonchev–Trinajstić information content (AvgIpc) is 3.36. The highest BCUT2D eigenvalue weighted by molar-refractivity contribution is 6.05. The fourth-order valence-corrected chi connectivity index (χ4v) is 3.21. The molecule has 2 N–H and O–H groups in total. The number of aliphatic carboxylic acids is 1. The van der Waals surface area contributed by atoms with E-state index in [1.807, 2.05) is 28.9 Å². The maximum absolute atomic E-state index is 12.8. The maximum Gasteiger partial charge on any atom is 0.306 e. The van der Waals surface area contributed by atoms with Crippen LogP contribution in [0.5, 0.6) is 0 Å². The summed E-state index contributed by atoms with van der Waals surface area (Å²) in [5, 5.41) is 16.4. The standard InChI is InChI=1S/C21H27N3O3/c1-13(2)12-24-19(16-6-7-16)18(11-22-24)20(25)23-17-8-4-15(5-9-17)10-14(3)21(26)27/h4-5,8-9,11,13-14,16H,6-7,10,12H2,1-3H3,(H,23,25)(H,26,27). The van der Waals surface area contributed by atoms with Crippen LogP contribution >= 0.6 is 0 Å². The van der Waals surface area contributed by atoms with Crippen LogP contribution in [0.15, 0.2) is 30.5 Å². The number of rotatable bonds is 8. The summed E-state index contributed by atoms with van der Waals surface area (Å²) in [7, 11) is 0. The van der Waals surface area contributed by atoms with E-state index in [1.54, 1.807) is 13.1 Å². The minimum absolute atomic E-state index is 0.140. The lowest BCUT2D eigenvalue weighted by Gasteiger charge is -2.11. The first-order chi connectivity index (χ1) is 12.8. The van der Waals surface area contributed by atoms with Crippen LogP contribution in [0.3, 0.4) is 0 Å². The van der Waals surface area contributed by atoms with E-state index in [0.717, 1.165) is 30.6 Å². The van der Waals surface area contributed by atoms with E-state index in [1.165, 1.54) is 0 Å². The number of carboxylic acids is 1. The highest BCUT2D eigenvalue weighted by Gasteiger charge is 2.32. The van der Waals surface area contributed by atoms with Gasteiger partial charge in [-0.25, -0.2) is 0 Å². The van der Waals surface area contributed by atoms with Gasteiger partial charge >= 0.3 is 5.97 Å². The lowest BCUT2D eigenvalue weighted by molar-refractivity contribution is -0.141. The molecular formula is C21H27N3O3. The maximum atomic E-state index is 12.8. The zero-order chi connectivity index (χ0) is 19.6. The fraction of sp³-hybridized carbons (Fsp3) is 0.476. The third-order valence-electron chi connectivity index (χ3n) is 4.80. The lowest BCUT2D eigenvalue weighted by atomic mass is 10.0. The van der Waals surface area contributed by atoms with Crippen LogP contribution in [0.1, 0.15) is 61.1 Å². The van der Waals surface area contributed by atoms with Gasteiger partial charge in [0.2, 0.25) is 0 Å². The summed E-state index contributed by atoms with van der Waals surface area (Å²) < 4.78 is 1.98. The first-order valence-corrected chi connectivity index (χ1v) is 9.54. The number of aromatic nitrogens is 2. The highest BCUT2D eigenvalue weighted by Crippen LogP contribution is 2.42. The molecule has 1 aromatic carbocycles. The third kappa shape index (κ3) is 4.76. The molecule has 1 heterocycles. The predicted octanol–water partition coefficient (Wildman–Crippen LogP) is 3.93. The summed E-state index contributed by atoms with van der Waals surface area (Å²) in [6.07, 6.45) is 4.37. The average molecular weight is 369 g/mol. The number of carboxylic acid groups (broad SMARTS) is 1. The largest absolute Gasteiger partial charge is 0.481 e. The number of nitrogens with zero attached hydrogens (tertiary/aromatic N) is 2. The first kappa shape index (κ1) is 19.1. The highest BCUT2D eigenvalue weighted by atomic mass is 16.4. The minimum atomic E-state index is -0.807. The molecule has 1 atom stereocenters. The van der Waals surface area contributed by atoms with Gasteiger partial charge in [0.25, 0.3) is 5.91 Å². The molecule has 144 valence electrons. The summed E-state index contributed by atoms with van der Waals surface area (Å²) in [4.78, 5) is 23.7. The van der Waals surface area contributed by atoms with E-state index in [0.29, 0.717) is 29.5 Å². The molecule has 6 nitrogen and oxygen atoms in total. The number of carbonyl (C=O) groups excluding carboxylic acids is 1. The van der Waals surface area contributed by atoms with Crippen molar-refractivity contribution >= 4 is 17.6 Å². The van der Waals surface area contributed by atoms with Gasteiger partial charge in [0.15, 0.2) is 0 Å². The van der Waals surface area contributed by atoms with Crippen molar-refractivity contribution < 1.29 is 14.7 Å². The Hall–Kier alpha value is -2.63. The summed E-state index contributed by atoms with van der Waals surface area (Å²) in [5.74, 6) is -0.471. The number of amides is 1. The lowest BCUT2D eigenvalue weighted by Crippen LogP contribution is -2.16. The van der Waals surface area contributed by atoms with E-state index >= 15 is 0 Å². The van der Waals surface area contributed by atoms with Crippen LogP contribution in [0.4, 0.5) is 5.69 Å². The van der Waals surface area contributed by atoms with Crippen molar-refractivity contribution in [1.29, 1.82) is 0 Å². The van der Waals surface area contributed by atoms with Crippen LogP contribution < -0.4 is 5.32 Å². The van der Waals surface area contributed by atoms with Crippen molar-refractivity contribution in [3.63, 3.8) is 0 Å². The minimum Gasteiger partial charge on any atom is -0.481 e. The van der Waals surface area contributed by atoms with Gasteiger partial charge < -0.3 is 10.4 Å². The monoisotopic (exact) mass is 369 g/mol. The molecule has 1 unspecified atom stereocenters. The second kappa shape index (κ2) is 7.94. The Labute approximate surface area is 159 Å². The summed E-state index contributed by atoms with van der Waals surface area (Å²) in [6.45, 7) is 6.79. The van der Waals surface area contributed by atoms with Crippen LogP contribution in [-0.4, -0.2) is 26.8 Å². The van der Waals surface area contributed by atoms with Gasteiger partial charge in [-0.1, -0.05) is 32.9 Å². The smallest absolute Gasteiger partial charge is 0.306 e. The van der Waals surface area contributed by atoms with E-state index in [9.17, 15) is 9.59 Å². The van der Waals surface area contributed by atoms with Crippen LogP contribution in [0.2, 0.25) is 0 Å². The Kier molecular flexibility index (Phi) is 5.63. The van der Waals surface area contributed by atoms with Crippen molar-refractivity contribution in [3.05, 3.63) is 47.3 Å². The summed E-state index contributed by atoms with van der Waals surface area (Å²) >= 11 is 0. The summed E-state index contributed by atoms with van der Waals surface area (Å²) in [6, 6.07) is 7.35. The molecule has 1 saturated carbocycles. The molecule has 1 fully saturated rings. The molecule has 2 aromatic rings. The Morgan fingerprint density at radius 3 is 2.44 bits per heavy atom. The normalized spacial score (nSPS) is 15.0. The van der Waals surface area contributed by atoms with Crippen LogP contribution in [0, 0.1) is 11.8 Å². The van der Waals surface area contributed by atoms with E-state index in [-0.39, 0.29) is 5.91 Å². The number of carbonyl (C=O) groups is 2. The zero-order valence-corrected chi connectivity index (χ0v) is 16.1. The Balaban J connectivity index is 1.70. The molecule has 0 bridgehead atoms. The van der Waals surface area contributed by atoms with Crippen LogP contribution in [-0.2, 0) is 17.8 Å². The number of anilines is 1. The van der Waals surface area contributed by atoms with Gasteiger partial charge in [-0.15, -0.1) is 0 Å². The molecule has 0 saturated heterocycles. The van der Waals surface area contributed by atoms with Crippen molar-refractivity contribution in [1.82, 2.24) is 9.78 Å². The molecular weight excluding hydrogens is 342 g/mol.